The highest BCUT2D eigenvalue weighted by Gasteiger charge is 2.16. The van der Waals surface area contributed by atoms with Crippen molar-refractivity contribution in [1.82, 2.24) is 0 Å². The van der Waals surface area contributed by atoms with E-state index in [1.54, 1.807) is 13.4 Å². The van der Waals surface area contributed by atoms with Gasteiger partial charge in [0, 0.05) is 6.92 Å². The summed E-state index contributed by atoms with van der Waals surface area (Å²) in [6.07, 6.45) is 3.10. The molecule has 0 bridgehead atoms. The molecule has 0 amide bonds. The molecule has 0 heterocycles. The minimum absolute atomic E-state index is 0.299. The Labute approximate surface area is 124 Å². The molecule has 1 atom stereocenters. The summed E-state index contributed by atoms with van der Waals surface area (Å²) in [5.41, 5.74) is 2.91. The van der Waals surface area contributed by atoms with Crippen LogP contribution in [0, 0.1) is 0 Å². The minimum Gasteiger partial charge on any atom is -0.504 e. The Hall–Kier alpha value is -2.55. The van der Waals surface area contributed by atoms with Crippen LogP contribution in [0.3, 0.4) is 0 Å². The molecule has 21 heavy (non-hydrogen) atoms. The van der Waals surface area contributed by atoms with Crippen LogP contribution in [0.4, 0.5) is 0 Å². The molecule has 108 valence electrons. The summed E-state index contributed by atoms with van der Waals surface area (Å²) >= 11 is 0. The lowest BCUT2D eigenvalue weighted by Gasteiger charge is -2.18. The summed E-state index contributed by atoms with van der Waals surface area (Å²) in [6, 6.07) is 17.5. The van der Waals surface area contributed by atoms with Crippen LogP contribution in [0.25, 0.3) is 6.08 Å². The van der Waals surface area contributed by atoms with E-state index >= 15 is 0 Å². The zero-order valence-electron chi connectivity index (χ0n) is 12.2. The van der Waals surface area contributed by atoms with Gasteiger partial charge < -0.3 is 9.47 Å². The number of esters is 1. The number of hydrogen-bond donors (Lipinski definition) is 0. The van der Waals surface area contributed by atoms with Gasteiger partial charge in [0.1, 0.15) is 0 Å². The van der Waals surface area contributed by atoms with Gasteiger partial charge in [0.15, 0.2) is 6.10 Å². The predicted molar refractivity (Wildman–Crippen MR) is 82.5 cm³/mol. The summed E-state index contributed by atoms with van der Waals surface area (Å²) < 4.78 is 10.4. The lowest BCUT2D eigenvalue weighted by atomic mass is 10.00. The van der Waals surface area contributed by atoms with Gasteiger partial charge in [-0.1, -0.05) is 54.6 Å². The first-order valence-electron chi connectivity index (χ1n) is 6.72. The van der Waals surface area contributed by atoms with Crippen LogP contribution in [0.2, 0.25) is 0 Å². The zero-order chi connectivity index (χ0) is 15.1. The highest BCUT2D eigenvalue weighted by Crippen LogP contribution is 2.26. The van der Waals surface area contributed by atoms with Crippen molar-refractivity contribution in [3.05, 3.63) is 77.5 Å². The molecule has 3 heteroatoms. The first-order valence-corrected chi connectivity index (χ1v) is 6.72. The summed E-state index contributed by atoms with van der Waals surface area (Å²) in [7, 11) is 1.61. The van der Waals surface area contributed by atoms with E-state index < -0.39 is 0 Å². The number of methoxy groups -OCH3 is 1. The summed E-state index contributed by atoms with van der Waals surface area (Å²) in [5.74, 6) is -0.299. The van der Waals surface area contributed by atoms with E-state index in [0.29, 0.717) is 0 Å². The third-order valence-corrected chi connectivity index (χ3v) is 3.02. The van der Waals surface area contributed by atoms with Gasteiger partial charge in [-0.05, 0) is 22.8 Å². The monoisotopic (exact) mass is 282 g/mol. The molecule has 0 radical (unpaired) electrons. The molecule has 0 saturated carbocycles. The highest BCUT2D eigenvalue weighted by molar-refractivity contribution is 5.67. The number of rotatable bonds is 5. The molecular weight excluding hydrogens is 264 g/mol. The molecule has 0 aromatic heterocycles. The van der Waals surface area contributed by atoms with Gasteiger partial charge in [0.05, 0.1) is 13.4 Å². The fourth-order valence-electron chi connectivity index (χ4n) is 2.05. The maximum Gasteiger partial charge on any atom is 0.303 e. The van der Waals surface area contributed by atoms with E-state index in [2.05, 4.69) is 0 Å². The van der Waals surface area contributed by atoms with Crippen LogP contribution >= 0.6 is 0 Å². The fourth-order valence-corrected chi connectivity index (χ4v) is 2.05. The van der Waals surface area contributed by atoms with E-state index in [1.807, 2.05) is 60.7 Å². The summed E-state index contributed by atoms with van der Waals surface area (Å²) in [6.45, 7) is 1.42. The van der Waals surface area contributed by atoms with E-state index in [0.717, 1.165) is 16.7 Å². The van der Waals surface area contributed by atoms with Gasteiger partial charge in [-0.15, -0.1) is 0 Å². The third-order valence-electron chi connectivity index (χ3n) is 3.02. The Morgan fingerprint density at radius 2 is 1.62 bits per heavy atom. The van der Waals surface area contributed by atoms with E-state index in [1.165, 1.54) is 6.92 Å². The van der Waals surface area contributed by atoms with Crippen molar-refractivity contribution in [2.24, 2.45) is 0 Å². The van der Waals surface area contributed by atoms with Crippen molar-refractivity contribution in [2.45, 2.75) is 13.0 Å². The topological polar surface area (TPSA) is 35.5 Å². The molecule has 0 N–H and O–H groups in total. The van der Waals surface area contributed by atoms with Gasteiger partial charge in [-0.25, -0.2) is 0 Å². The summed E-state index contributed by atoms with van der Waals surface area (Å²) in [5, 5.41) is 0. The normalized spacial score (nSPS) is 12.1. The molecule has 0 saturated heterocycles. The maximum atomic E-state index is 11.4. The molecule has 0 aliphatic carbocycles. The molecule has 3 nitrogen and oxygen atoms in total. The second kappa shape index (κ2) is 7.29. The summed E-state index contributed by atoms with van der Waals surface area (Å²) in [4.78, 5) is 11.4. The number of hydrogen-bond acceptors (Lipinski definition) is 3. The molecule has 0 spiro atoms. The fraction of sp³-hybridized carbons (Fsp3) is 0.167. The predicted octanol–water partition coefficient (Wildman–Crippen LogP) is 3.96. The van der Waals surface area contributed by atoms with Crippen LogP contribution in [0.5, 0.6) is 0 Å². The SMILES string of the molecule is CO/C=C/c1ccc(C(OC(C)=O)c2ccccc2)cc1. The number of ether oxygens (including phenoxy) is 2. The highest BCUT2D eigenvalue weighted by atomic mass is 16.5. The first kappa shape index (κ1) is 14.9. The Kier molecular flexibility index (Phi) is 5.16. The van der Waals surface area contributed by atoms with Gasteiger partial charge in [-0.2, -0.15) is 0 Å². The van der Waals surface area contributed by atoms with Crippen LogP contribution in [0.15, 0.2) is 60.9 Å². The van der Waals surface area contributed by atoms with Crippen molar-refractivity contribution < 1.29 is 14.3 Å². The quantitative estimate of drug-likeness (QED) is 0.615. The third kappa shape index (κ3) is 4.21. The van der Waals surface area contributed by atoms with Gasteiger partial charge in [-0.3, -0.25) is 4.79 Å². The smallest absolute Gasteiger partial charge is 0.303 e. The zero-order valence-corrected chi connectivity index (χ0v) is 12.2. The Balaban J connectivity index is 2.29. The average molecular weight is 282 g/mol. The molecular formula is C18H18O3. The lowest BCUT2D eigenvalue weighted by molar-refractivity contribution is -0.144. The molecule has 2 aromatic carbocycles. The first-order chi connectivity index (χ1) is 10.2. The number of carbonyl (C=O) groups excluding carboxylic acids is 1. The van der Waals surface area contributed by atoms with Crippen molar-refractivity contribution in [3.8, 4) is 0 Å². The van der Waals surface area contributed by atoms with Gasteiger partial charge in [0.2, 0.25) is 0 Å². The Bertz CT molecular complexity index is 600. The van der Waals surface area contributed by atoms with Gasteiger partial charge >= 0.3 is 5.97 Å². The minimum atomic E-state index is -0.385. The molecule has 0 fully saturated rings. The van der Waals surface area contributed by atoms with Crippen molar-refractivity contribution in [1.29, 1.82) is 0 Å². The molecule has 0 aliphatic heterocycles. The van der Waals surface area contributed by atoms with Crippen LogP contribution in [0.1, 0.15) is 29.7 Å². The second-order valence-electron chi connectivity index (χ2n) is 4.61. The van der Waals surface area contributed by atoms with Crippen molar-refractivity contribution in [2.75, 3.05) is 7.11 Å². The lowest BCUT2D eigenvalue weighted by Crippen LogP contribution is -2.09. The second-order valence-corrected chi connectivity index (χ2v) is 4.61. The average Bonchev–Trinajstić information content (AvgIpc) is 2.52. The van der Waals surface area contributed by atoms with E-state index in [-0.39, 0.29) is 12.1 Å². The number of benzene rings is 2. The molecule has 0 aliphatic rings. The van der Waals surface area contributed by atoms with Crippen molar-refractivity contribution in [3.63, 3.8) is 0 Å². The van der Waals surface area contributed by atoms with Crippen LogP contribution in [-0.2, 0) is 14.3 Å². The standard InChI is InChI=1S/C18H18O3/c1-14(19)21-18(16-6-4-3-5-7-16)17-10-8-15(9-11-17)12-13-20-2/h3-13,18H,1-2H3/b13-12+. The maximum absolute atomic E-state index is 11.4. The molecule has 2 aromatic rings. The molecule has 2 rings (SSSR count). The number of carbonyl (C=O) groups is 1. The largest absolute Gasteiger partial charge is 0.504 e. The molecule has 1 unspecified atom stereocenters. The Morgan fingerprint density at radius 1 is 1.00 bits per heavy atom. The van der Waals surface area contributed by atoms with E-state index in [9.17, 15) is 4.79 Å². The van der Waals surface area contributed by atoms with Gasteiger partial charge in [0.25, 0.3) is 0 Å². The van der Waals surface area contributed by atoms with Crippen LogP contribution in [-0.4, -0.2) is 13.1 Å². The Morgan fingerprint density at radius 3 is 2.19 bits per heavy atom. The van der Waals surface area contributed by atoms with Crippen LogP contribution < -0.4 is 0 Å². The van der Waals surface area contributed by atoms with E-state index in [4.69, 9.17) is 9.47 Å². The van der Waals surface area contributed by atoms with Crippen molar-refractivity contribution >= 4 is 12.0 Å².